The van der Waals surface area contributed by atoms with Gasteiger partial charge in [0.25, 0.3) is 0 Å². The molecule has 2 aliphatic rings. The minimum atomic E-state index is -0.548. The van der Waals surface area contributed by atoms with Crippen molar-refractivity contribution < 1.29 is 19.1 Å². The van der Waals surface area contributed by atoms with Crippen LogP contribution in [-0.4, -0.2) is 70.0 Å². The number of methoxy groups -OCH3 is 1. The zero-order valence-corrected chi connectivity index (χ0v) is 17.0. The number of hydrogen-bond acceptors (Lipinski definition) is 6. The summed E-state index contributed by atoms with van der Waals surface area (Å²) in [4.78, 5) is 40.8. The van der Waals surface area contributed by atoms with Gasteiger partial charge < -0.3 is 14.5 Å². The van der Waals surface area contributed by atoms with E-state index in [1.165, 1.54) is 24.4 Å². The number of benzene rings is 1. The molecule has 2 amide bonds. The highest BCUT2D eigenvalue weighted by Crippen LogP contribution is 2.28. The van der Waals surface area contributed by atoms with E-state index in [2.05, 4.69) is 12.1 Å². The van der Waals surface area contributed by atoms with Crippen molar-refractivity contribution in [1.82, 2.24) is 9.80 Å². The van der Waals surface area contributed by atoms with Gasteiger partial charge in [0.2, 0.25) is 11.8 Å². The van der Waals surface area contributed by atoms with Crippen LogP contribution in [0.5, 0.6) is 0 Å². The predicted molar refractivity (Wildman–Crippen MR) is 107 cm³/mol. The van der Waals surface area contributed by atoms with E-state index >= 15 is 0 Å². The van der Waals surface area contributed by atoms with Gasteiger partial charge in [0, 0.05) is 17.9 Å². The first-order valence-electron chi connectivity index (χ1n) is 8.99. The van der Waals surface area contributed by atoms with Crippen LogP contribution in [0, 0.1) is 0 Å². The minimum absolute atomic E-state index is 0.00995. The van der Waals surface area contributed by atoms with Crippen LogP contribution >= 0.6 is 23.5 Å². The van der Waals surface area contributed by atoms with Crippen molar-refractivity contribution in [3.8, 4) is 0 Å². The topological polar surface area (TPSA) is 66.9 Å². The number of carbonyl (C=O) groups excluding carboxylic acids is 3. The molecule has 0 spiro atoms. The first-order valence-corrected chi connectivity index (χ1v) is 11.3. The van der Waals surface area contributed by atoms with Gasteiger partial charge in [-0.2, -0.15) is 0 Å². The van der Waals surface area contributed by atoms with Crippen molar-refractivity contribution in [2.45, 2.75) is 31.3 Å². The highest BCUT2D eigenvalue weighted by atomic mass is 32.2. The van der Waals surface area contributed by atoms with E-state index in [4.69, 9.17) is 4.74 Å². The summed E-state index contributed by atoms with van der Waals surface area (Å²) in [5.74, 6) is 1.61. The molecule has 0 radical (unpaired) electrons. The van der Waals surface area contributed by atoms with Gasteiger partial charge in [-0.05, 0) is 18.4 Å². The van der Waals surface area contributed by atoms with E-state index in [0.717, 1.165) is 12.8 Å². The summed E-state index contributed by atoms with van der Waals surface area (Å²) in [6, 6.07) is 9.05. The van der Waals surface area contributed by atoms with Gasteiger partial charge in [0.15, 0.2) is 0 Å². The van der Waals surface area contributed by atoms with Crippen LogP contribution in [0.2, 0.25) is 0 Å². The van der Waals surface area contributed by atoms with Crippen molar-refractivity contribution in [2.75, 3.05) is 30.4 Å². The quantitative estimate of drug-likeness (QED) is 0.671. The molecular formula is C19H24N2O4S2. The lowest BCUT2D eigenvalue weighted by Gasteiger charge is -2.29. The van der Waals surface area contributed by atoms with Gasteiger partial charge in [-0.1, -0.05) is 30.3 Å². The maximum absolute atomic E-state index is 13.0. The number of thioether (sulfide) groups is 2. The Bertz CT molecular complexity index is 686. The monoisotopic (exact) mass is 408 g/mol. The Morgan fingerprint density at radius 2 is 1.70 bits per heavy atom. The predicted octanol–water partition coefficient (Wildman–Crippen LogP) is 1.99. The third-order valence-electron chi connectivity index (χ3n) is 4.83. The summed E-state index contributed by atoms with van der Waals surface area (Å²) in [6.45, 7) is 0. The van der Waals surface area contributed by atoms with Crippen LogP contribution in [0.3, 0.4) is 0 Å². The van der Waals surface area contributed by atoms with Crippen molar-refractivity contribution in [2.24, 2.45) is 0 Å². The molecule has 2 fully saturated rings. The molecule has 3 rings (SSSR count). The third-order valence-corrected chi connectivity index (χ3v) is 6.85. The fourth-order valence-corrected chi connectivity index (χ4v) is 5.63. The highest BCUT2D eigenvalue weighted by Gasteiger charge is 2.42. The SMILES string of the molecule is COC(=O)[C@@H]1CSCN1C(=O)[C@@H]1CSCN1C(=O)CCCc1ccccc1. The molecule has 8 heteroatoms. The Morgan fingerprint density at radius 3 is 2.41 bits per heavy atom. The molecule has 27 heavy (non-hydrogen) atoms. The van der Waals surface area contributed by atoms with E-state index < -0.39 is 12.1 Å². The van der Waals surface area contributed by atoms with Crippen LogP contribution in [0.15, 0.2) is 30.3 Å². The second-order valence-corrected chi connectivity index (χ2v) is 8.56. The summed E-state index contributed by atoms with van der Waals surface area (Å²) in [5, 5.41) is 0. The summed E-state index contributed by atoms with van der Waals surface area (Å²) >= 11 is 3.12. The maximum Gasteiger partial charge on any atom is 0.329 e. The lowest BCUT2D eigenvalue weighted by atomic mass is 10.1. The average molecular weight is 409 g/mol. The second-order valence-electron chi connectivity index (χ2n) is 6.57. The van der Waals surface area contributed by atoms with Crippen molar-refractivity contribution in [3.63, 3.8) is 0 Å². The first kappa shape index (κ1) is 20.1. The van der Waals surface area contributed by atoms with Gasteiger partial charge >= 0.3 is 5.97 Å². The van der Waals surface area contributed by atoms with Crippen molar-refractivity contribution in [1.29, 1.82) is 0 Å². The van der Waals surface area contributed by atoms with Gasteiger partial charge in [-0.25, -0.2) is 4.79 Å². The number of hydrogen-bond donors (Lipinski definition) is 0. The van der Waals surface area contributed by atoms with E-state index in [1.807, 2.05) is 18.2 Å². The Morgan fingerprint density at radius 1 is 1.04 bits per heavy atom. The minimum Gasteiger partial charge on any atom is -0.467 e. The first-order chi connectivity index (χ1) is 13.1. The summed E-state index contributed by atoms with van der Waals surface area (Å²) in [5.41, 5.74) is 1.21. The summed E-state index contributed by atoms with van der Waals surface area (Å²) in [7, 11) is 1.34. The molecule has 0 bridgehead atoms. The van der Waals surface area contributed by atoms with Gasteiger partial charge in [0.1, 0.15) is 12.1 Å². The molecule has 0 saturated carbocycles. The Balaban J connectivity index is 1.56. The summed E-state index contributed by atoms with van der Waals surface area (Å²) in [6.07, 6.45) is 2.03. The Labute approximate surface area is 168 Å². The third kappa shape index (κ3) is 4.79. The van der Waals surface area contributed by atoms with E-state index in [9.17, 15) is 14.4 Å². The smallest absolute Gasteiger partial charge is 0.329 e. The number of esters is 1. The van der Waals surface area contributed by atoms with Crippen molar-refractivity contribution >= 4 is 41.3 Å². The molecular weight excluding hydrogens is 384 g/mol. The van der Waals surface area contributed by atoms with Gasteiger partial charge in [-0.3, -0.25) is 9.59 Å². The average Bonchev–Trinajstić information content (AvgIpc) is 3.37. The lowest BCUT2D eigenvalue weighted by molar-refractivity contribution is -0.153. The fraction of sp³-hybridized carbons (Fsp3) is 0.526. The molecule has 1 aromatic rings. The molecule has 146 valence electrons. The zero-order valence-electron chi connectivity index (χ0n) is 15.3. The lowest BCUT2D eigenvalue weighted by Crippen LogP contribution is -2.52. The van der Waals surface area contributed by atoms with Crippen LogP contribution in [0.25, 0.3) is 0 Å². The van der Waals surface area contributed by atoms with Crippen molar-refractivity contribution in [3.05, 3.63) is 35.9 Å². The molecule has 2 aliphatic heterocycles. The number of aryl methyl sites for hydroxylation is 1. The molecule has 0 unspecified atom stereocenters. The van der Waals surface area contributed by atoms with Crippen LogP contribution < -0.4 is 0 Å². The normalized spacial score (nSPS) is 22.1. The number of nitrogens with zero attached hydrogens (tertiary/aromatic N) is 2. The Kier molecular flexibility index (Phi) is 7.07. The standard InChI is InChI=1S/C19H24N2O4S2/c1-25-19(24)16-11-27-13-21(16)18(23)15-10-26-12-20(15)17(22)9-5-8-14-6-3-2-4-7-14/h2-4,6-7,15-16H,5,8-13H2,1H3/t15-,16-/m0/s1. The molecule has 0 aliphatic carbocycles. The van der Waals surface area contributed by atoms with Crippen LogP contribution in [0.1, 0.15) is 18.4 Å². The van der Waals surface area contributed by atoms with E-state index in [1.54, 1.807) is 21.6 Å². The second kappa shape index (κ2) is 9.50. The van der Waals surface area contributed by atoms with Crippen LogP contribution in [-0.2, 0) is 25.5 Å². The molecule has 2 atom stereocenters. The molecule has 0 N–H and O–H groups in total. The molecule has 0 aromatic heterocycles. The van der Waals surface area contributed by atoms with E-state index in [0.29, 0.717) is 29.7 Å². The fourth-order valence-electron chi connectivity index (χ4n) is 3.31. The van der Waals surface area contributed by atoms with Crippen LogP contribution in [0.4, 0.5) is 0 Å². The van der Waals surface area contributed by atoms with Gasteiger partial charge in [-0.15, -0.1) is 23.5 Å². The molecule has 2 saturated heterocycles. The largest absolute Gasteiger partial charge is 0.467 e. The highest BCUT2D eigenvalue weighted by molar-refractivity contribution is 7.99. The number of rotatable bonds is 6. The van der Waals surface area contributed by atoms with Gasteiger partial charge in [0.05, 0.1) is 18.9 Å². The molecule has 2 heterocycles. The number of carbonyl (C=O) groups is 3. The molecule has 1 aromatic carbocycles. The number of amides is 2. The number of ether oxygens (including phenoxy) is 1. The molecule has 6 nitrogen and oxygen atoms in total. The van der Waals surface area contributed by atoms with E-state index in [-0.39, 0.29) is 17.8 Å². The maximum atomic E-state index is 13.0. The Hall–Kier alpha value is -1.67. The zero-order chi connectivity index (χ0) is 19.2. The summed E-state index contributed by atoms with van der Waals surface area (Å²) < 4.78 is 4.81.